The summed E-state index contributed by atoms with van der Waals surface area (Å²) in [5, 5.41) is 9.25. The van der Waals surface area contributed by atoms with Crippen molar-refractivity contribution in [3.63, 3.8) is 0 Å². The highest BCUT2D eigenvalue weighted by atomic mass is 16.3. The Hall–Kier alpha value is -0.755. The van der Waals surface area contributed by atoms with Gasteiger partial charge in [-0.25, -0.2) is 0 Å². The molecule has 0 fully saturated rings. The molecule has 0 heterocycles. The molecule has 0 aliphatic rings. The zero-order valence-corrected chi connectivity index (χ0v) is 6.83. The highest BCUT2D eigenvalue weighted by Crippen LogP contribution is 2.09. The van der Waals surface area contributed by atoms with E-state index in [1.54, 1.807) is 6.92 Å². The normalized spacial score (nSPS) is 13.0. The van der Waals surface area contributed by atoms with Crippen LogP contribution in [0.1, 0.15) is 24.2 Å². The van der Waals surface area contributed by atoms with Gasteiger partial charge in [-0.3, -0.25) is 0 Å². The van der Waals surface area contributed by atoms with Crippen LogP contribution in [0, 0.1) is 6.92 Å². The minimum absolute atomic E-state index is 0.477. The van der Waals surface area contributed by atoms with Gasteiger partial charge < -0.3 is 5.11 Å². The Morgan fingerprint density at radius 3 is 2.55 bits per heavy atom. The maximum atomic E-state index is 9.25. The van der Waals surface area contributed by atoms with Gasteiger partial charge in [-0.2, -0.15) is 0 Å². The standard InChI is InChI=1S/C9H11BO/c1-6-4-3-5-8(7(2)11)9(6)10/h3-5,7,11H,1-2H3/t7-/m1/s1. The molecule has 56 valence electrons. The largest absolute Gasteiger partial charge is 0.389 e. The average molecular weight is 146 g/mol. The molecule has 0 aliphatic carbocycles. The number of aliphatic hydroxyl groups excluding tert-OH is 1. The van der Waals surface area contributed by atoms with Crippen LogP contribution in [0.15, 0.2) is 18.2 Å². The number of aryl methyl sites for hydroxylation is 1. The van der Waals surface area contributed by atoms with Crippen LogP contribution in [0.5, 0.6) is 0 Å². The van der Waals surface area contributed by atoms with Crippen LogP contribution in [0.3, 0.4) is 0 Å². The van der Waals surface area contributed by atoms with Crippen LogP contribution in [0.4, 0.5) is 0 Å². The quantitative estimate of drug-likeness (QED) is 0.582. The lowest BCUT2D eigenvalue weighted by Crippen LogP contribution is -2.15. The molecule has 0 amide bonds. The van der Waals surface area contributed by atoms with Crippen LogP contribution in [-0.4, -0.2) is 13.0 Å². The molecule has 1 aromatic carbocycles. The molecule has 0 unspecified atom stereocenters. The number of benzene rings is 1. The second-order valence-electron chi connectivity index (χ2n) is 2.75. The van der Waals surface area contributed by atoms with Crippen LogP contribution in [0.25, 0.3) is 0 Å². The van der Waals surface area contributed by atoms with E-state index >= 15 is 0 Å². The van der Waals surface area contributed by atoms with Gasteiger partial charge in [0.15, 0.2) is 0 Å². The third-order valence-corrected chi connectivity index (χ3v) is 1.81. The fourth-order valence-corrected chi connectivity index (χ4v) is 1.07. The monoisotopic (exact) mass is 146 g/mol. The van der Waals surface area contributed by atoms with Gasteiger partial charge in [0, 0.05) is 0 Å². The maximum absolute atomic E-state index is 9.25. The second-order valence-corrected chi connectivity index (χ2v) is 2.75. The Morgan fingerprint density at radius 1 is 1.45 bits per heavy atom. The van der Waals surface area contributed by atoms with Crippen LogP contribution >= 0.6 is 0 Å². The molecular weight excluding hydrogens is 135 g/mol. The summed E-state index contributed by atoms with van der Waals surface area (Å²) in [6, 6.07) is 5.67. The van der Waals surface area contributed by atoms with Crippen molar-refractivity contribution in [1.82, 2.24) is 0 Å². The summed E-state index contributed by atoms with van der Waals surface area (Å²) in [5.74, 6) is 0. The third kappa shape index (κ3) is 1.63. The number of aliphatic hydroxyl groups is 1. The Kier molecular flexibility index (Phi) is 2.35. The molecule has 0 aromatic heterocycles. The number of hydrogen-bond donors (Lipinski definition) is 1. The molecule has 0 aliphatic heterocycles. The van der Waals surface area contributed by atoms with Gasteiger partial charge >= 0.3 is 0 Å². The Labute approximate surface area is 68.5 Å². The van der Waals surface area contributed by atoms with Gasteiger partial charge in [-0.05, 0) is 19.4 Å². The van der Waals surface area contributed by atoms with Crippen LogP contribution < -0.4 is 5.46 Å². The fourth-order valence-electron chi connectivity index (χ4n) is 1.07. The smallest absolute Gasteiger partial charge is 0.114 e. The van der Waals surface area contributed by atoms with Crippen molar-refractivity contribution in [2.24, 2.45) is 0 Å². The van der Waals surface area contributed by atoms with Crippen molar-refractivity contribution in [2.45, 2.75) is 20.0 Å². The van der Waals surface area contributed by atoms with Crippen LogP contribution in [0.2, 0.25) is 0 Å². The Morgan fingerprint density at radius 2 is 2.09 bits per heavy atom. The van der Waals surface area contributed by atoms with Gasteiger partial charge in [0.05, 0.1) is 6.10 Å². The summed E-state index contributed by atoms with van der Waals surface area (Å²) >= 11 is 0. The lowest BCUT2D eigenvalue weighted by atomic mass is 9.85. The summed E-state index contributed by atoms with van der Waals surface area (Å²) in [7, 11) is 5.72. The van der Waals surface area contributed by atoms with Gasteiger partial charge in [-0.15, -0.1) is 0 Å². The summed E-state index contributed by atoms with van der Waals surface area (Å²) in [6.07, 6.45) is -0.477. The molecule has 2 radical (unpaired) electrons. The van der Waals surface area contributed by atoms with Crippen molar-refractivity contribution >= 4 is 13.3 Å². The van der Waals surface area contributed by atoms with Gasteiger partial charge in [0.1, 0.15) is 7.85 Å². The average Bonchev–Trinajstić information content (AvgIpc) is 1.94. The predicted molar refractivity (Wildman–Crippen MR) is 47.2 cm³/mol. The van der Waals surface area contributed by atoms with Crippen molar-refractivity contribution in [1.29, 1.82) is 0 Å². The van der Waals surface area contributed by atoms with Gasteiger partial charge in [0.2, 0.25) is 0 Å². The SMILES string of the molecule is [B]c1c(C)cccc1[C@@H](C)O. The minimum atomic E-state index is -0.477. The summed E-state index contributed by atoms with van der Waals surface area (Å²) in [6.45, 7) is 3.65. The highest BCUT2D eigenvalue weighted by molar-refractivity contribution is 6.34. The molecule has 0 saturated carbocycles. The summed E-state index contributed by atoms with van der Waals surface area (Å²) in [5.41, 5.74) is 2.52. The van der Waals surface area contributed by atoms with E-state index in [1.165, 1.54) is 0 Å². The van der Waals surface area contributed by atoms with E-state index in [-0.39, 0.29) is 0 Å². The summed E-state index contributed by atoms with van der Waals surface area (Å²) in [4.78, 5) is 0. The number of hydrogen-bond acceptors (Lipinski definition) is 1. The first kappa shape index (κ1) is 8.34. The Balaban J connectivity index is 3.17. The zero-order valence-electron chi connectivity index (χ0n) is 6.83. The number of rotatable bonds is 1. The molecule has 0 saturated heterocycles. The second kappa shape index (κ2) is 3.10. The van der Waals surface area contributed by atoms with Crippen LogP contribution in [-0.2, 0) is 0 Å². The van der Waals surface area contributed by atoms with E-state index in [4.69, 9.17) is 7.85 Å². The first-order valence-corrected chi connectivity index (χ1v) is 3.66. The lowest BCUT2D eigenvalue weighted by Gasteiger charge is -2.10. The van der Waals surface area contributed by atoms with E-state index in [1.807, 2.05) is 25.1 Å². The van der Waals surface area contributed by atoms with E-state index < -0.39 is 6.10 Å². The van der Waals surface area contributed by atoms with Crippen molar-refractivity contribution in [3.8, 4) is 0 Å². The molecular formula is C9H11BO. The molecule has 1 N–H and O–H groups in total. The fraction of sp³-hybridized carbons (Fsp3) is 0.333. The van der Waals surface area contributed by atoms with E-state index in [0.717, 1.165) is 11.1 Å². The lowest BCUT2D eigenvalue weighted by molar-refractivity contribution is 0.200. The molecule has 1 atom stereocenters. The Bertz CT molecular complexity index is 256. The molecule has 1 rings (SSSR count). The van der Waals surface area contributed by atoms with Crippen molar-refractivity contribution in [2.75, 3.05) is 0 Å². The maximum Gasteiger partial charge on any atom is 0.114 e. The predicted octanol–water partition coefficient (Wildman–Crippen LogP) is 0.842. The topological polar surface area (TPSA) is 20.2 Å². The van der Waals surface area contributed by atoms with E-state index in [9.17, 15) is 5.11 Å². The summed E-state index contributed by atoms with van der Waals surface area (Å²) < 4.78 is 0. The molecule has 1 aromatic rings. The third-order valence-electron chi connectivity index (χ3n) is 1.81. The van der Waals surface area contributed by atoms with Crippen molar-refractivity contribution < 1.29 is 5.11 Å². The zero-order chi connectivity index (χ0) is 8.43. The first-order valence-electron chi connectivity index (χ1n) is 3.66. The first-order chi connectivity index (χ1) is 5.13. The molecule has 1 nitrogen and oxygen atoms in total. The molecule has 0 spiro atoms. The van der Waals surface area contributed by atoms with Gasteiger partial charge in [0.25, 0.3) is 0 Å². The molecule has 2 heteroatoms. The van der Waals surface area contributed by atoms with E-state index in [2.05, 4.69) is 0 Å². The molecule has 11 heavy (non-hydrogen) atoms. The highest BCUT2D eigenvalue weighted by Gasteiger charge is 2.03. The van der Waals surface area contributed by atoms with Crippen molar-refractivity contribution in [3.05, 3.63) is 29.3 Å². The molecule has 0 bridgehead atoms. The van der Waals surface area contributed by atoms with Gasteiger partial charge in [-0.1, -0.05) is 29.2 Å². The van der Waals surface area contributed by atoms with E-state index in [0.29, 0.717) is 5.46 Å². The minimum Gasteiger partial charge on any atom is -0.389 e.